The first-order chi connectivity index (χ1) is 13.1. The van der Waals surface area contributed by atoms with E-state index in [0.717, 1.165) is 32.7 Å². The highest BCUT2D eigenvalue weighted by molar-refractivity contribution is 7.18. The molecule has 0 aliphatic rings. The third kappa shape index (κ3) is 3.13. The molecule has 0 atom stereocenters. The van der Waals surface area contributed by atoms with Gasteiger partial charge in [-0.15, -0.1) is 11.3 Å². The molecule has 4 aromatic rings. The summed E-state index contributed by atoms with van der Waals surface area (Å²) in [6.45, 7) is 6.13. The summed E-state index contributed by atoms with van der Waals surface area (Å²) in [6.07, 6.45) is 0. The van der Waals surface area contributed by atoms with E-state index in [1.165, 1.54) is 10.4 Å². The molecule has 1 N–H and O–H groups in total. The molecular weight excluding hydrogens is 352 g/mol. The number of hydrogen-bond acceptors (Lipinski definition) is 3. The molecule has 1 amide bonds. The molecule has 0 aliphatic heterocycles. The predicted octanol–water partition coefficient (Wildman–Crippen LogP) is 6.14. The number of carbonyl (C=O) groups is 1. The van der Waals surface area contributed by atoms with E-state index in [4.69, 9.17) is 4.98 Å². The van der Waals surface area contributed by atoms with Crippen molar-refractivity contribution in [1.29, 1.82) is 0 Å². The lowest BCUT2D eigenvalue weighted by Gasteiger charge is -2.15. The summed E-state index contributed by atoms with van der Waals surface area (Å²) in [6, 6.07) is 19.6. The van der Waals surface area contributed by atoms with Crippen LogP contribution in [-0.2, 0) is 0 Å². The van der Waals surface area contributed by atoms with Crippen molar-refractivity contribution in [2.24, 2.45) is 0 Å². The van der Waals surface area contributed by atoms with E-state index in [-0.39, 0.29) is 5.91 Å². The van der Waals surface area contributed by atoms with Crippen molar-refractivity contribution in [1.82, 2.24) is 4.98 Å². The quantitative estimate of drug-likeness (QED) is 0.469. The lowest BCUT2D eigenvalue weighted by atomic mass is 9.93. The number of para-hydroxylation sites is 1. The molecule has 0 unspecified atom stereocenters. The molecule has 27 heavy (non-hydrogen) atoms. The summed E-state index contributed by atoms with van der Waals surface area (Å²) < 4.78 is 0. The highest BCUT2D eigenvalue weighted by Crippen LogP contribution is 2.39. The van der Waals surface area contributed by atoms with Gasteiger partial charge < -0.3 is 5.32 Å². The van der Waals surface area contributed by atoms with Gasteiger partial charge >= 0.3 is 0 Å². The van der Waals surface area contributed by atoms with E-state index in [1.807, 2.05) is 55.5 Å². The van der Waals surface area contributed by atoms with Gasteiger partial charge in [0.2, 0.25) is 0 Å². The van der Waals surface area contributed by atoms with Gasteiger partial charge in [-0.05, 0) is 44.0 Å². The summed E-state index contributed by atoms with van der Waals surface area (Å²) in [5, 5.41) is 4.10. The van der Waals surface area contributed by atoms with Gasteiger partial charge in [0, 0.05) is 21.5 Å². The summed E-state index contributed by atoms with van der Waals surface area (Å²) in [7, 11) is 0. The zero-order valence-corrected chi connectivity index (χ0v) is 16.4. The van der Waals surface area contributed by atoms with Gasteiger partial charge in [0.25, 0.3) is 5.91 Å². The second-order valence-corrected chi connectivity index (χ2v) is 7.80. The number of nitrogens with one attached hydrogen (secondary N) is 1. The van der Waals surface area contributed by atoms with Crippen molar-refractivity contribution in [3.05, 3.63) is 82.4 Å². The summed E-state index contributed by atoms with van der Waals surface area (Å²) in [5.41, 5.74) is 5.35. The van der Waals surface area contributed by atoms with Crippen LogP contribution in [0.4, 0.5) is 5.69 Å². The van der Waals surface area contributed by atoms with Crippen molar-refractivity contribution in [3.8, 4) is 11.1 Å². The molecule has 3 nitrogen and oxygen atoms in total. The van der Waals surface area contributed by atoms with Crippen molar-refractivity contribution in [2.45, 2.75) is 20.8 Å². The predicted molar refractivity (Wildman–Crippen MR) is 114 cm³/mol. The number of benzene rings is 2. The van der Waals surface area contributed by atoms with Gasteiger partial charge in [0.05, 0.1) is 11.3 Å². The van der Waals surface area contributed by atoms with Crippen molar-refractivity contribution in [2.75, 3.05) is 5.32 Å². The second kappa shape index (κ2) is 6.97. The Morgan fingerprint density at radius 1 is 0.926 bits per heavy atom. The van der Waals surface area contributed by atoms with E-state index in [1.54, 1.807) is 11.3 Å². The first kappa shape index (κ1) is 17.4. The fourth-order valence-corrected chi connectivity index (χ4v) is 4.47. The van der Waals surface area contributed by atoms with Gasteiger partial charge in [-0.3, -0.25) is 4.79 Å². The molecule has 0 spiro atoms. The normalized spacial score (nSPS) is 10.9. The maximum atomic E-state index is 13.2. The van der Waals surface area contributed by atoms with Gasteiger partial charge in [-0.2, -0.15) is 0 Å². The molecule has 134 valence electrons. The third-order valence-corrected chi connectivity index (χ3v) is 5.92. The lowest BCUT2D eigenvalue weighted by Crippen LogP contribution is -2.16. The molecule has 0 bridgehead atoms. The van der Waals surface area contributed by atoms with Crippen molar-refractivity contribution in [3.63, 3.8) is 0 Å². The van der Waals surface area contributed by atoms with E-state index < -0.39 is 0 Å². The molecule has 4 heteroatoms. The Morgan fingerprint density at radius 2 is 1.56 bits per heavy atom. The lowest BCUT2D eigenvalue weighted by molar-refractivity contribution is 0.102. The molecule has 0 saturated carbocycles. The Hall–Kier alpha value is -2.98. The molecular formula is C23H20N2OS. The standard InChI is InChI=1S/C23H20N2OS/c1-14-16(3)27-23-19(14)21(17-10-6-4-7-11-17)20(15(2)24-23)22(26)25-18-12-8-5-9-13-18/h4-13H,1-3H3,(H,25,26). The van der Waals surface area contributed by atoms with Crippen LogP contribution in [0.2, 0.25) is 0 Å². The molecule has 0 saturated heterocycles. The number of anilines is 1. The Kier molecular flexibility index (Phi) is 4.50. The summed E-state index contributed by atoms with van der Waals surface area (Å²) in [4.78, 5) is 20.2. The second-order valence-electron chi connectivity index (χ2n) is 6.60. The Labute approximate surface area is 162 Å². The van der Waals surface area contributed by atoms with Crippen LogP contribution in [0.5, 0.6) is 0 Å². The molecule has 0 fully saturated rings. The average Bonchev–Trinajstić information content (AvgIpc) is 2.95. The number of nitrogens with zero attached hydrogens (tertiary/aromatic N) is 1. The van der Waals surface area contributed by atoms with Crippen LogP contribution in [0.25, 0.3) is 21.3 Å². The van der Waals surface area contributed by atoms with Crippen LogP contribution in [0.3, 0.4) is 0 Å². The van der Waals surface area contributed by atoms with Crippen LogP contribution >= 0.6 is 11.3 Å². The average molecular weight is 372 g/mol. The monoisotopic (exact) mass is 372 g/mol. The zero-order chi connectivity index (χ0) is 19.0. The van der Waals surface area contributed by atoms with Gasteiger partial charge in [-0.1, -0.05) is 48.5 Å². The van der Waals surface area contributed by atoms with E-state index in [0.29, 0.717) is 5.56 Å². The third-order valence-electron chi connectivity index (χ3n) is 4.82. The molecule has 2 aromatic heterocycles. The van der Waals surface area contributed by atoms with E-state index in [9.17, 15) is 4.79 Å². The number of rotatable bonds is 3. The Morgan fingerprint density at radius 3 is 2.22 bits per heavy atom. The number of carbonyl (C=O) groups excluding carboxylic acids is 1. The minimum atomic E-state index is -0.129. The largest absolute Gasteiger partial charge is 0.322 e. The highest BCUT2D eigenvalue weighted by Gasteiger charge is 2.23. The number of hydrogen-bond donors (Lipinski definition) is 1. The van der Waals surface area contributed by atoms with E-state index >= 15 is 0 Å². The van der Waals surface area contributed by atoms with E-state index in [2.05, 4.69) is 31.3 Å². The Balaban J connectivity index is 1.98. The van der Waals surface area contributed by atoms with Gasteiger partial charge in [-0.25, -0.2) is 4.98 Å². The number of aryl methyl sites for hydroxylation is 3. The van der Waals surface area contributed by atoms with Crippen LogP contribution in [0.15, 0.2) is 60.7 Å². The Bertz CT molecular complexity index is 1130. The molecule has 0 aliphatic carbocycles. The van der Waals surface area contributed by atoms with Crippen molar-refractivity contribution < 1.29 is 4.79 Å². The zero-order valence-electron chi connectivity index (χ0n) is 15.5. The SMILES string of the molecule is Cc1nc2sc(C)c(C)c2c(-c2ccccc2)c1C(=O)Nc1ccccc1. The topological polar surface area (TPSA) is 42.0 Å². The first-order valence-electron chi connectivity index (χ1n) is 8.88. The summed E-state index contributed by atoms with van der Waals surface area (Å²) in [5.74, 6) is -0.129. The molecule has 4 rings (SSSR count). The molecule has 2 aromatic carbocycles. The van der Waals surface area contributed by atoms with Crippen LogP contribution in [0, 0.1) is 20.8 Å². The summed E-state index contributed by atoms with van der Waals surface area (Å²) >= 11 is 1.68. The van der Waals surface area contributed by atoms with Crippen LogP contribution in [0.1, 0.15) is 26.5 Å². The maximum Gasteiger partial charge on any atom is 0.258 e. The minimum Gasteiger partial charge on any atom is -0.322 e. The van der Waals surface area contributed by atoms with Crippen LogP contribution < -0.4 is 5.32 Å². The number of thiophene rings is 1. The molecule has 0 radical (unpaired) electrons. The maximum absolute atomic E-state index is 13.2. The number of aromatic nitrogens is 1. The fraction of sp³-hybridized carbons (Fsp3) is 0.130. The fourth-order valence-electron chi connectivity index (χ4n) is 3.38. The number of pyridine rings is 1. The van der Waals surface area contributed by atoms with Gasteiger partial charge in [0.15, 0.2) is 0 Å². The van der Waals surface area contributed by atoms with Crippen molar-refractivity contribution >= 4 is 33.1 Å². The highest BCUT2D eigenvalue weighted by atomic mass is 32.1. The van der Waals surface area contributed by atoms with Gasteiger partial charge in [0.1, 0.15) is 4.83 Å². The van der Waals surface area contributed by atoms with Crippen LogP contribution in [-0.4, -0.2) is 10.9 Å². The molecule has 2 heterocycles. The number of fused-ring (bicyclic) bond motifs is 1. The first-order valence-corrected chi connectivity index (χ1v) is 9.70. The smallest absolute Gasteiger partial charge is 0.258 e. The minimum absolute atomic E-state index is 0.129. The number of amides is 1.